The highest BCUT2D eigenvalue weighted by Gasteiger charge is 2.45. The van der Waals surface area contributed by atoms with Gasteiger partial charge in [0.25, 0.3) is 0 Å². The Morgan fingerprint density at radius 1 is 1.00 bits per heavy atom. The first-order chi connectivity index (χ1) is 10.1. The Balaban J connectivity index is 2.00. The number of ketones is 1. The van der Waals surface area contributed by atoms with Crippen molar-refractivity contribution in [3.05, 3.63) is 71.8 Å². The van der Waals surface area contributed by atoms with Gasteiger partial charge in [0.1, 0.15) is 11.3 Å². The van der Waals surface area contributed by atoms with E-state index < -0.39 is 5.60 Å². The molecule has 0 aliphatic carbocycles. The van der Waals surface area contributed by atoms with Gasteiger partial charge in [-0.1, -0.05) is 65.8 Å². The SMILES string of the molecule is CC1(C)ON=C(C(=O)c2ccccc2)C1c1ccccc1. The van der Waals surface area contributed by atoms with Crippen molar-refractivity contribution in [3.8, 4) is 0 Å². The lowest BCUT2D eigenvalue weighted by molar-refractivity contribution is 0.00188. The van der Waals surface area contributed by atoms with Crippen molar-refractivity contribution in [2.45, 2.75) is 25.4 Å². The Kier molecular flexibility index (Phi) is 3.34. The van der Waals surface area contributed by atoms with Gasteiger partial charge in [-0.3, -0.25) is 4.79 Å². The normalized spacial score (nSPS) is 19.7. The molecule has 0 aromatic heterocycles. The molecule has 0 radical (unpaired) electrons. The average molecular weight is 279 g/mol. The fourth-order valence-electron chi connectivity index (χ4n) is 2.72. The molecule has 1 unspecified atom stereocenters. The second-order valence-corrected chi connectivity index (χ2v) is 5.71. The van der Waals surface area contributed by atoms with E-state index in [1.54, 1.807) is 12.1 Å². The van der Waals surface area contributed by atoms with Crippen molar-refractivity contribution in [2.24, 2.45) is 5.16 Å². The van der Waals surface area contributed by atoms with Crippen LogP contribution in [0, 0.1) is 0 Å². The number of Topliss-reactive ketones (excluding diaryl/α,β-unsaturated/α-hetero) is 1. The third-order valence-electron chi connectivity index (χ3n) is 3.75. The smallest absolute Gasteiger partial charge is 0.211 e. The molecular weight excluding hydrogens is 262 g/mol. The van der Waals surface area contributed by atoms with Crippen LogP contribution in [0.25, 0.3) is 0 Å². The fraction of sp³-hybridized carbons (Fsp3) is 0.222. The first kappa shape index (κ1) is 13.6. The summed E-state index contributed by atoms with van der Waals surface area (Å²) in [6, 6.07) is 19.1. The zero-order chi connectivity index (χ0) is 14.9. The molecule has 1 atom stereocenters. The summed E-state index contributed by atoms with van der Waals surface area (Å²) < 4.78 is 0. The zero-order valence-electron chi connectivity index (χ0n) is 12.1. The Morgan fingerprint density at radius 2 is 1.57 bits per heavy atom. The van der Waals surface area contributed by atoms with Crippen LogP contribution in [0.4, 0.5) is 0 Å². The van der Waals surface area contributed by atoms with Crippen LogP contribution in [0.5, 0.6) is 0 Å². The summed E-state index contributed by atoms with van der Waals surface area (Å²) in [4.78, 5) is 18.2. The molecule has 2 aromatic carbocycles. The average Bonchev–Trinajstić information content (AvgIpc) is 2.83. The molecule has 2 aromatic rings. The van der Waals surface area contributed by atoms with Crippen LogP contribution in [0.3, 0.4) is 0 Å². The van der Waals surface area contributed by atoms with Gasteiger partial charge < -0.3 is 4.84 Å². The number of hydrogen-bond donors (Lipinski definition) is 0. The summed E-state index contributed by atoms with van der Waals surface area (Å²) in [7, 11) is 0. The molecule has 21 heavy (non-hydrogen) atoms. The van der Waals surface area contributed by atoms with Gasteiger partial charge >= 0.3 is 0 Å². The van der Waals surface area contributed by atoms with Crippen LogP contribution in [0.1, 0.15) is 35.7 Å². The topological polar surface area (TPSA) is 38.7 Å². The van der Waals surface area contributed by atoms with E-state index in [0.717, 1.165) is 5.56 Å². The van der Waals surface area contributed by atoms with Gasteiger partial charge in [0, 0.05) is 5.56 Å². The number of hydrogen-bond acceptors (Lipinski definition) is 3. The molecule has 1 aliphatic heterocycles. The molecular formula is C18H17NO2. The zero-order valence-corrected chi connectivity index (χ0v) is 12.1. The molecule has 0 fully saturated rings. The van der Waals surface area contributed by atoms with Crippen LogP contribution < -0.4 is 0 Å². The first-order valence-corrected chi connectivity index (χ1v) is 7.00. The van der Waals surface area contributed by atoms with Crippen molar-refractivity contribution < 1.29 is 9.63 Å². The molecule has 1 heterocycles. The minimum absolute atomic E-state index is 0.0740. The third-order valence-corrected chi connectivity index (χ3v) is 3.75. The molecule has 0 N–H and O–H groups in total. The first-order valence-electron chi connectivity index (χ1n) is 7.00. The van der Waals surface area contributed by atoms with Crippen LogP contribution in [-0.4, -0.2) is 17.1 Å². The maximum Gasteiger partial charge on any atom is 0.211 e. The molecule has 0 saturated heterocycles. The number of oxime groups is 1. The molecule has 0 bridgehead atoms. The minimum atomic E-state index is -0.527. The lowest BCUT2D eigenvalue weighted by Crippen LogP contribution is -2.33. The van der Waals surface area contributed by atoms with Gasteiger partial charge in [0.15, 0.2) is 0 Å². The lowest BCUT2D eigenvalue weighted by Gasteiger charge is -2.25. The van der Waals surface area contributed by atoms with Crippen LogP contribution >= 0.6 is 0 Å². The second-order valence-electron chi connectivity index (χ2n) is 5.71. The van der Waals surface area contributed by atoms with E-state index in [1.807, 2.05) is 62.4 Å². The highest BCUT2D eigenvalue weighted by molar-refractivity contribution is 6.48. The number of benzene rings is 2. The van der Waals surface area contributed by atoms with E-state index in [4.69, 9.17) is 4.84 Å². The molecule has 0 saturated carbocycles. The summed E-state index contributed by atoms with van der Waals surface area (Å²) in [5.41, 5.74) is 1.63. The largest absolute Gasteiger partial charge is 0.388 e. The minimum Gasteiger partial charge on any atom is -0.388 e. The van der Waals surface area contributed by atoms with E-state index in [2.05, 4.69) is 5.16 Å². The van der Waals surface area contributed by atoms with E-state index in [0.29, 0.717) is 11.3 Å². The third kappa shape index (κ3) is 2.47. The Morgan fingerprint density at radius 3 is 2.19 bits per heavy atom. The summed E-state index contributed by atoms with van der Waals surface area (Å²) in [5, 5.41) is 4.09. The predicted octanol–water partition coefficient (Wildman–Crippen LogP) is 3.82. The van der Waals surface area contributed by atoms with Gasteiger partial charge in [-0.15, -0.1) is 0 Å². The Hall–Kier alpha value is -2.42. The van der Waals surface area contributed by atoms with Gasteiger partial charge in [0.05, 0.1) is 5.92 Å². The molecule has 1 aliphatic rings. The maximum atomic E-state index is 12.7. The summed E-state index contributed by atoms with van der Waals surface area (Å²) >= 11 is 0. The molecule has 0 amide bonds. The monoisotopic (exact) mass is 279 g/mol. The molecule has 106 valence electrons. The van der Waals surface area contributed by atoms with Crippen molar-refractivity contribution >= 4 is 11.5 Å². The van der Waals surface area contributed by atoms with Crippen molar-refractivity contribution in [2.75, 3.05) is 0 Å². The standard InChI is InChI=1S/C18H17NO2/c1-18(2)15(13-9-5-3-6-10-13)16(19-21-18)17(20)14-11-7-4-8-12-14/h3-12,15H,1-2H3. The molecule has 3 rings (SSSR count). The van der Waals surface area contributed by atoms with Gasteiger partial charge in [-0.05, 0) is 19.4 Å². The van der Waals surface area contributed by atoms with Gasteiger partial charge in [-0.2, -0.15) is 0 Å². The number of rotatable bonds is 3. The van der Waals surface area contributed by atoms with E-state index in [-0.39, 0.29) is 11.7 Å². The Bertz CT molecular complexity index is 675. The van der Waals surface area contributed by atoms with Crippen LogP contribution in [-0.2, 0) is 4.84 Å². The van der Waals surface area contributed by atoms with Crippen molar-refractivity contribution in [3.63, 3.8) is 0 Å². The number of carbonyl (C=O) groups excluding carboxylic acids is 1. The van der Waals surface area contributed by atoms with Crippen LogP contribution in [0.15, 0.2) is 65.8 Å². The predicted molar refractivity (Wildman–Crippen MR) is 82.6 cm³/mol. The van der Waals surface area contributed by atoms with E-state index >= 15 is 0 Å². The Labute approximate surface area is 124 Å². The lowest BCUT2D eigenvalue weighted by atomic mass is 9.79. The summed E-state index contributed by atoms with van der Waals surface area (Å²) in [6.07, 6.45) is 0. The molecule has 3 heteroatoms. The van der Waals surface area contributed by atoms with Gasteiger partial charge in [0.2, 0.25) is 5.78 Å². The van der Waals surface area contributed by atoms with Crippen LogP contribution in [0.2, 0.25) is 0 Å². The second kappa shape index (κ2) is 5.17. The van der Waals surface area contributed by atoms with Crippen molar-refractivity contribution in [1.29, 1.82) is 0 Å². The quantitative estimate of drug-likeness (QED) is 0.801. The summed E-state index contributed by atoms with van der Waals surface area (Å²) in [6.45, 7) is 3.92. The maximum absolute atomic E-state index is 12.7. The van der Waals surface area contributed by atoms with E-state index in [1.165, 1.54) is 0 Å². The molecule has 0 spiro atoms. The summed E-state index contributed by atoms with van der Waals surface area (Å²) in [5.74, 6) is -0.235. The van der Waals surface area contributed by atoms with E-state index in [9.17, 15) is 4.79 Å². The van der Waals surface area contributed by atoms with Gasteiger partial charge in [-0.25, -0.2) is 0 Å². The molecule has 3 nitrogen and oxygen atoms in total. The fourth-order valence-corrected chi connectivity index (χ4v) is 2.72. The van der Waals surface area contributed by atoms with Crippen molar-refractivity contribution in [1.82, 2.24) is 0 Å². The number of nitrogens with zero attached hydrogens (tertiary/aromatic N) is 1. The highest BCUT2D eigenvalue weighted by Crippen LogP contribution is 2.38. The highest BCUT2D eigenvalue weighted by atomic mass is 16.7. The number of carbonyl (C=O) groups is 1.